The lowest BCUT2D eigenvalue weighted by Gasteiger charge is -2.08. The number of rotatable bonds is 5. The number of aliphatic hydroxyl groups excluding tert-OH is 1. The van der Waals surface area contributed by atoms with Crippen molar-refractivity contribution < 1.29 is 9.90 Å². The van der Waals surface area contributed by atoms with E-state index in [0.29, 0.717) is 0 Å². The predicted octanol–water partition coefficient (Wildman–Crippen LogP) is 0.222. The van der Waals surface area contributed by atoms with Gasteiger partial charge in [-0.25, -0.2) is 0 Å². The monoisotopic (exact) mass is 238 g/mol. The minimum Gasteiger partial charge on any atom is -0.395 e. The molecule has 0 saturated carbocycles. The van der Waals surface area contributed by atoms with Crippen molar-refractivity contribution in [1.82, 2.24) is 10.3 Å². The summed E-state index contributed by atoms with van der Waals surface area (Å²) in [7, 11) is 0. The fourth-order valence-corrected chi connectivity index (χ4v) is 1.68. The fourth-order valence-electron chi connectivity index (χ4n) is 1.68. The molecule has 0 aliphatic carbocycles. The maximum atomic E-state index is 11.7. The number of hydrogen-bond donors (Lipinski definition) is 3. The first-order chi connectivity index (χ1) is 8.13. The minimum atomic E-state index is -0.447. The van der Waals surface area contributed by atoms with Crippen LogP contribution in [0.1, 0.15) is 35.5 Å². The van der Waals surface area contributed by atoms with Crippen molar-refractivity contribution in [3.63, 3.8) is 0 Å². The van der Waals surface area contributed by atoms with E-state index < -0.39 is 5.91 Å². The Labute approximate surface area is 99.9 Å². The molecule has 0 aliphatic heterocycles. The van der Waals surface area contributed by atoms with E-state index in [1.54, 1.807) is 6.07 Å². The third-order valence-electron chi connectivity index (χ3n) is 2.59. The van der Waals surface area contributed by atoms with E-state index in [2.05, 4.69) is 10.3 Å². The molecule has 94 valence electrons. The van der Waals surface area contributed by atoms with Crippen LogP contribution in [0.15, 0.2) is 10.9 Å². The van der Waals surface area contributed by atoms with Gasteiger partial charge < -0.3 is 15.4 Å². The molecule has 17 heavy (non-hydrogen) atoms. The maximum Gasteiger partial charge on any atom is 0.261 e. The summed E-state index contributed by atoms with van der Waals surface area (Å²) in [6.07, 6.45) is 1.50. The van der Waals surface area contributed by atoms with Gasteiger partial charge in [0.1, 0.15) is 5.56 Å². The van der Waals surface area contributed by atoms with Crippen LogP contribution in [0.2, 0.25) is 0 Å². The smallest absolute Gasteiger partial charge is 0.261 e. The summed E-state index contributed by atoms with van der Waals surface area (Å²) >= 11 is 0. The van der Waals surface area contributed by atoms with Gasteiger partial charge in [-0.05, 0) is 24.5 Å². The molecule has 0 atom stereocenters. The Kier molecular flexibility index (Phi) is 4.90. The predicted molar refractivity (Wildman–Crippen MR) is 65.2 cm³/mol. The highest BCUT2D eigenvalue weighted by molar-refractivity contribution is 5.94. The van der Waals surface area contributed by atoms with Crippen LogP contribution in [-0.4, -0.2) is 29.1 Å². The van der Waals surface area contributed by atoms with Gasteiger partial charge in [0, 0.05) is 12.2 Å². The van der Waals surface area contributed by atoms with E-state index in [0.717, 1.165) is 24.1 Å². The number of aliphatic hydroxyl groups is 1. The van der Waals surface area contributed by atoms with E-state index in [-0.39, 0.29) is 24.3 Å². The van der Waals surface area contributed by atoms with E-state index >= 15 is 0 Å². The number of aromatic nitrogens is 1. The second kappa shape index (κ2) is 6.20. The van der Waals surface area contributed by atoms with E-state index in [1.807, 2.05) is 13.8 Å². The lowest BCUT2D eigenvalue weighted by atomic mass is 10.1. The topological polar surface area (TPSA) is 82.2 Å². The molecule has 0 radical (unpaired) electrons. The zero-order valence-electron chi connectivity index (χ0n) is 10.2. The van der Waals surface area contributed by atoms with Gasteiger partial charge in [0.05, 0.1) is 6.61 Å². The first-order valence-corrected chi connectivity index (χ1v) is 5.78. The molecule has 1 amide bonds. The van der Waals surface area contributed by atoms with Crippen molar-refractivity contribution in [2.45, 2.75) is 26.7 Å². The van der Waals surface area contributed by atoms with Gasteiger partial charge >= 0.3 is 0 Å². The lowest BCUT2D eigenvalue weighted by Crippen LogP contribution is -2.32. The van der Waals surface area contributed by atoms with Crippen LogP contribution in [-0.2, 0) is 12.8 Å². The maximum absolute atomic E-state index is 11.7. The highest BCUT2D eigenvalue weighted by atomic mass is 16.3. The average molecular weight is 238 g/mol. The second-order valence-corrected chi connectivity index (χ2v) is 3.70. The van der Waals surface area contributed by atoms with Crippen LogP contribution < -0.4 is 10.9 Å². The molecule has 0 unspecified atom stereocenters. The van der Waals surface area contributed by atoms with Gasteiger partial charge in [-0.3, -0.25) is 9.59 Å². The van der Waals surface area contributed by atoms with Crippen molar-refractivity contribution in [3.05, 3.63) is 33.2 Å². The number of H-pyrrole nitrogens is 1. The second-order valence-electron chi connectivity index (χ2n) is 3.70. The number of aromatic amines is 1. The molecule has 1 rings (SSSR count). The van der Waals surface area contributed by atoms with Crippen molar-refractivity contribution in [2.75, 3.05) is 13.2 Å². The Morgan fingerprint density at radius 3 is 2.65 bits per heavy atom. The summed E-state index contributed by atoms with van der Waals surface area (Å²) in [6.45, 7) is 3.94. The first kappa shape index (κ1) is 13.4. The fraction of sp³-hybridized carbons (Fsp3) is 0.500. The van der Waals surface area contributed by atoms with Gasteiger partial charge in [-0.2, -0.15) is 0 Å². The van der Waals surface area contributed by atoms with Gasteiger partial charge in [-0.15, -0.1) is 0 Å². The normalized spacial score (nSPS) is 10.3. The molecule has 5 nitrogen and oxygen atoms in total. The summed E-state index contributed by atoms with van der Waals surface area (Å²) in [5.74, 6) is -0.447. The Morgan fingerprint density at radius 1 is 1.41 bits per heavy atom. The molecule has 5 heteroatoms. The molecule has 0 saturated heterocycles. The lowest BCUT2D eigenvalue weighted by molar-refractivity contribution is 0.0943. The molecule has 0 aromatic carbocycles. The van der Waals surface area contributed by atoms with Crippen molar-refractivity contribution >= 4 is 5.91 Å². The van der Waals surface area contributed by atoms with E-state index in [4.69, 9.17) is 5.11 Å². The molecule has 1 heterocycles. The number of pyridine rings is 1. The van der Waals surface area contributed by atoms with Crippen LogP contribution in [0.3, 0.4) is 0 Å². The van der Waals surface area contributed by atoms with Gasteiger partial charge in [0.2, 0.25) is 0 Å². The van der Waals surface area contributed by atoms with Crippen LogP contribution in [0.5, 0.6) is 0 Å². The average Bonchev–Trinajstić information content (AvgIpc) is 2.35. The molecule has 1 aromatic heterocycles. The van der Waals surface area contributed by atoms with Crippen LogP contribution in [0.4, 0.5) is 0 Å². The number of hydrogen-bond acceptors (Lipinski definition) is 3. The molecule has 0 spiro atoms. The zero-order chi connectivity index (χ0) is 12.8. The molecule has 0 bridgehead atoms. The summed E-state index contributed by atoms with van der Waals surface area (Å²) in [4.78, 5) is 26.1. The van der Waals surface area contributed by atoms with E-state index in [1.165, 1.54) is 0 Å². The highest BCUT2D eigenvalue weighted by Crippen LogP contribution is 2.07. The quantitative estimate of drug-likeness (QED) is 0.686. The number of amides is 1. The molecular weight excluding hydrogens is 220 g/mol. The largest absolute Gasteiger partial charge is 0.395 e. The molecule has 0 fully saturated rings. The molecule has 1 aromatic rings. The number of nitrogens with one attached hydrogen (secondary N) is 2. The van der Waals surface area contributed by atoms with Crippen molar-refractivity contribution in [1.29, 1.82) is 0 Å². The number of carbonyl (C=O) groups is 1. The number of aryl methyl sites for hydroxylation is 2. The zero-order valence-corrected chi connectivity index (χ0v) is 10.2. The van der Waals surface area contributed by atoms with Gasteiger partial charge in [0.15, 0.2) is 0 Å². The van der Waals surface area contributed by atoms with Crippen molar-refractivity contribution in [2.24, 2.45) is 0 Å². The summed E-state index contributed by atoms with van der Waals surface area (Å²) in [5, 5.41) is 11.1. The molecule has 3 N–H and O–H groups in total. The SMILES string of the molecule is CCc1cc(C(=O)NCCO)c(=O)[nH]c1CC. The third kappa shape index (κ3) is 3.17. The molecular formula is C12H18N2O3. The first-order valence-electron chi connectivity index (χ1n) is 5.78. The summed E-state index contributed by atoms with van der Waals surface area (Å²) < 4.78 is 0. The van der Waals surface area contributed by atoms with Gasteiger partial charge in [-0.1, -0.05) is 13.8 Å². The Morgan fingerprint density at radius 2 is 2.12 bits per heavy atom. The highest BCUT2D eigenvalue weighted by Gasteiger charge is 2.12. The standard InChI is InChI=1S/C12H18N2O3/c1-3-8-7-9(11(16)13-5-6-15)12(17)14-10(8)4-2/h7,15H,3-6H2,1-2H3,(H,13,16)(H,14,17). The van der Waals surface area contributed by atoms with Gasteiger partial charge in [0.25, 0.3) is 11.5 Å². The summed E-state index contributed by atoms with van der Waals surface area (Å²) in [5.41, 5.74) is 1.57. The number of carbonyl (C=O) groups excluding carboxylic acids is 1. The van der Waals surface area contributed by atoms with Crippen LogP contribution in [0, 0.1) is 0 Å². The minimum absolute atomic E-state index is 0.104. The Bertz CT molecular complexity index is 452. The van der Waals surface area contributed by atoms with Crippen molar-refractivity contribution in [3.8, 4) is 0 Å². The molecule has 0 aliphatic rings. The Hall–Kier alpha value is -1.62. The Balaban J connectivity index is 3.08. The van der Waals surface area contributed by atoms with Crippen LogP contribution in [0.25, 0.3) is 0 Å². The van der Waals surface area contributed by atoms with Crippen LogP contribution >= 0.6 is 0 Å². The van der Waals surface area contributed by atoms with E-state index in [9.17, 15) is 9.59 Å². The summed E-state index contributed by atoms with van der Waals surface area (Å²) in [6, 6.07) is 1.63. The third-order valence-corrected chi connectivity index (χ3v) is 2.59.